The zero-order chi connectivity index (χ0) is 21.8. The van der Waals surface area contributed by atoms with E-state index in [9.17, 15) is 25.1 Å². The molecule has 1 amide bonds. The van der Waals surface area contributed by atoms with Crippen molar-refractivity contribution in [2.24, 2.45) is 0 Å². The Morgan fingerprint density at radius 1 is 1.23 bits per heavy atom. The molecular weight excluding hydrogens is 478 g/mol. The first-order chi connectivity index (χ1) is 14.3. The van der Waals surface area contributed by atoms with Crippen molar-refractivity contribution in [1.82, 2.24) is 14.8 Å². The minimum Gasteiger partial charge on any atom is -0.507 e. The van der Waals surface area contributed by atoms with E-state index in [1.54, 1.807) is 22.8 Å². The maximum absolute atomic E-state index is 12.3. The summed E-state index contributed by atoms with van der Waals surface area (Å²) < 4.78 is 2.54. The fraction of sp³-hybridized carbons (Fsp3) is 0.167. The minimum atomic E-state index is -0.639. The van der Waals surface area contributed by atoms with Gasteiger partial charge in [0.25, 0.3) is 5.69 Å². The molecule has 1 aromatic heterocycles. The van der Waals surface area contributed by atoms with Crippen molar-refractivity contribution in [2.75, 3.05) is 11.1 Å². The molecule has 3 rings (SSSR count). The third kappa shape index (κ3) is 4.71. The van der Waals surface area contributed by atoms with Gasteiger partial charge in [-0.3, -0.25) is 14.9 Å². The summed E-state index contributed by atoms with van der Waals surface area (Å²) in [4.78, 5) is 22.3. The molecule has 2 aromatic carbocycles. The van der Waals surface area contributed by atoms with Gasteiger partial charge < -0.3 is 20.1 Å². The van der Waals surface area contributed by atoms with Crippen LogP contribution >= 0.6 is 27.7 Å². The maximum Gasteiger partial charge on any atom is 0.273 e. The largest absolute Gasteiger partial charge is 0.507 e. The fourth-order valence-electron chi connectivity index (χ4n) is 2.62. The van der Waals surface area contributed by atoms with Crippen molar-refractivity contribution in [3.05, 3.63) is 51.0 Å². The lowest BCUT2D eigenvalue weighted by atomic mass is 10.2. The molecule has 0 bridgehead atoms. The van der Waals surface area contributed by atoms with E-state index in [1.165, 1.54) is 12.1 Å². The first-order valence-electron chi connectivity index (χ1n) is 8.62. The van der Waals surface area contributed by atoms with Gasteiger partial charge in [0.15, 0.2) is 11.0 Å². The summed E-state index contributed by atoms with van der Waals surface area (Å²) in [5.41, 5.74) is 0.299. The lowest BCUT2D eigenvalue weighted by Crippen LogP contribution is -2.14. The Morgan fingerprint density at radius 3 is 2.67 bits per heavy atom. The highest BCUT2D eigenvalue weighted by Gasteiger charge is 2.18. The molecule has 0 saturated heterocycles. The zero-order valence-corrected chi connectivity index (χ0v) is 18.0. The van der Waals surface area contributed by atoms with Gasteiger partial charge in [-0.25, -0.2) is 0 Å². The summed E-state index contributed by atoms with van der Waals surface area (Å²) in [6, 6.07) is 8.40. The number of nitro groups is 1. The van der Waals surface area contributed by atoms with Gasteiger partial charge in [0.1, 0.15) is 11.5 Å². The highest BCUT2D eigenvalue weighted by Crippen LogP contribution is 2.33. The van der Waals surface area contributed by atoms with Crippen LogP contribution in [-0.4, -0.2) is 41.6 Å². The number of nitro benzene ring substituents is 1. The number of thioether (sulfide) groups is 1. The van der Waals surface area contributed by atoms with Crippen LogP contribution in [0.3, 0.4) is 0 Å². The van der Waals surface area contributed by atoms with E-state index in [2.05, 4.69) is 31.4 Å². The van der Waals surface area contributed by atoms with Crippen LogP contribution in [0.25, 0.3) is 11.4 Å². The second-order valence-corrected chi connectivity index (χ2v) is 7.87. The summed E-state index contributed by atoms with van der Waals surface area (Å²) in [5, 5.41) is 41.9. The number of nitrogens with one attached hydrogen (secondary N) is 1. The normalized spacial score (nSPS) is 10.7. The number of aromatic hydroxyl groups is 2. The number of hydrogen-bond acceptors (Lipinski definition) is 8. The van der Waals surface area contributed by atoms with Crippen molar-refractivity contribution in [3.8, 4) is 22.9 Å². The fourth-order valence-corrected chi connectivity index (χ4v) is 3.79. The van der Waals surface area contributed by atoms with Crippen LogP contribution in [0, 0.1) is 10.1 Å². The maximum atomic E-state index is 12.3. The number of carbonyl (C=O) groups excluding carboxylic acids is 1. The smallest absolute Gasteiger partial charge is 0.273 e. The van der Waals surface area contributed by atoms with Crippen LogP contribution in [0.1, 0.15) is 6.92 Å². The van der Waals surface area contributed by atoms with Gasteiger partial charge >= 0.3 is 0 Å². The topological polar surface area (TPSA) is 143 Å². The molecule has 0 unspecified atom stereocenters. The molecule has 0 aliphatic carbocycles. The zero-order valence-electron chi connectivity index (χ0n) is 15.6. The number of anilines is 1. The number of phenols is 2. The number of nitrogens with zero attached hydrogens (tertiary/aromatic N) is 4. The minimum absolute atomic E-state index is 0.0287. The van der Waals surface area contributed by atoms with Crippen LogP contribution in [0.2, 0.25) is 0 Å². The van der Waals surface area contributed by atoms with Gasteiger partial charge in [0.05, 0.1) is 28.0 Å². The quantitative estimate of drug-likeness (QED) is 0.195. The van der Waals surface area contributed by atoms with Crippen LogP contribution in [-0.2, 0) is 11.3 Å². The standard InChI is InChI=1S/C18H16BrN5O5S/c1-2-23-17(12-7-10(19)3-6-14(12)25)21-22-18(23)30-9-16(27)20-13-5-4-11(24(28)29)8-15(13)26/h3-8,25-26H,2,9H2,1H3,(H,20,27). The third-order valence-electron chi connectivity index (χ3n) is 4.03. The summed E-state index contributed by atoms with van der Waals surface area (Å²) in [5.74, 6) is -0.331. The highest BCUT2D eigenvalue weighted by molar-refractivity contribution is 9.10. The predicted molar refractivity (Wildman–Crippen MR) is 115 cm³/mol. The first-order valence-corrected chi connectivity index (χ1v) is 10.4. The molecule has 0 atom stereocenters. The molecule has 0 aliphatic heterocycles. The molecule has 0 spiro atoms. The Bertz CT molecular complexity index is 1120. The number of amides is 1. The van der Waals surface area contributed by atoms with E-state index in [0.717, 1.165) is 22.3 Å². The average Bonchev–Trinajstić information content (AvgIpc) is 3.12. The number of non-ortho nitro benzene ring substituents is 1. The molecule has 0 aliphatic rings. The van der Waals surface area contributed by atoms with Crippen molar-refractivity contribution in [3.63, 3.8) is 0 Å². The summed E-state index contributed by atoms with van der Waals surface area (Å²) in [7, 11) is 0. The van der Waals surface area contributed by atoms with Crippen LogP contribution in [0.15, 0.2) is 46.0 Å². The Hall–Kier alpha value is -3.12. The van der Waals surface area contributed by atoms with Crippen molar-refractivity contribution < 1.29 is 19.9 Å². The SMILES string of the molecule is CCn1c(SCC(=O)Nc2ccc([N+](=O)[O-])cc2O)nnc1-c1cc(Br)ccc1O. The lowest BCUT2D eigenvalue weighted by Gasteiger charge is -2.09. The van der Waals surface area contributed by atoms with Gasteiger partial charge in [-0.15, -0.1) is 10.2 Å². The van der Waals surface area contributed by atoms with Gasteiger partial charge in [-0.05, 0) is 31.2 Å². The Morgan fingerprint density at radius 2 is 2.00 bits per heavy atom. The van der Waals surface area contributed by atoms with E-state index in [1.807, 2.05) is 6.92 Å². The number of carbonyl (C=O) groups is 1. The van der Waals surface area contributed by atoms with Crippen LogP contribution in [0.5, 0.6) is 11.5 Å². The van der Waals surface area contributed by atoms with Crippen molar-refractivity contribution in [1.29, 1.82) is 0 Å². The Kier molecular flexibility index (Phi) is 6.57. The Labute approximate surface area is 183 Å². The molecule has 156 valence electrons. The van der Waals surface area contributed by atoms with Crippen molar-refractivity contribution >= 4 is 45.0 Å². The van der Waals surface area contributed by atoms with Gasteiger partial charge in [-0.2, -0.15) is 0 Å². The summed E-state index contributed by atoms with van der Waals surface area (Å²) in [6.45, 7) is 2.41. The number of phenolic OH excluding ortho intramolecular Hbond substituents is 2. The van der Waals surface area contributed by atoms with E-state index >= 15 is 0 Å². The number of rotatable bonds is 7. The highest BCUT2D eigenvalue weighted by atomic mass is 79.9. The van der Waals surface area contributed by atoms with Gasteiger partial charge in [0.2, 0.25) is 5.91 Å². The van der Waals surface area contributed by atoms with E-state index in [4.69, 9.17) is 0 Å². The monoisotopic (exact) mass is 493 g/mol. The molecule has 3 aromatic rings. The first kappa shape index (κ1) is 21.6. The molecule has 0 saturated carbocycles. The van der Waals surface area contributed by atoms with Gasteiger partial charge in [0, 0.05) is 17.1 Å². The van der Waals surface area contributed by atoms with Gasteiger partial charge in [-0.1, -0.05) is 27.7 Å². The molecule has 10 nitrogen and oxygen atoms in total. The summed E-state index contributed by atoms with van der Waals surface area (Å²) in [6.07, 6.45) is 0. The molecule has 3 N–H and O–H groups in total. The molecule has 30 heavy (non-hydrogen) atoms. The molecule has 0 fully saturated rings. The molecule has 0 radical (unpaired) electrons. The van der Waals surface area contributed by atoms with Crippen LogP contribution < -0.4 is 5.32 Å². The molecular formula is C18H16BrN5O5S. The summed E-state index contributed by atoms with van der Waals surface area (Å²) >= 11 is 4.49. The van der Waals surface area contributed by atoms with Crippen molar-refractivity contribution in [2.45, 2.75) is 18.6 Å². The third-order valence-corrected chi connectivity index (χ3v) is 5.49. The molecule has 1 heterocycles. The van der Waals surface area contributed by atoms with E-state index in [0.29, 0.717) is 23.1 Å². The van der Waals surface area contributed by atoms with E-state index < -0.39 is 16.6 Å². The second kappa shape index (κ2) is 9.13. The predicted octanol–water partition coefficient (Wildman–Crippen LogP) is 3.78. The average molecular weight is 494 g/mol. The van der Waals surface area contributed by atoms with Crippen LogP contribution in [0.4, 0.5) is 11.4 Å². The number of aromatic nitrogens is 3. The number of hydrogen-bond donors (Lipinski definition) is 3. The second-order valence-electron chi connectivity index (χ2n) is 6.01. The Balaban J connectivity index is 1.72. The number of benzene rings is 2. The lowest BCUT2D eigenvalue weighted by molar-refractivity contribution is -0.384. The van der Waals surface area contributed by atoms with E-state index in [-0.39, 0.29) is 22.9 Å². The molecule has 12 heteroatoms. The number of halogens is 1.